The van der Waals surface area contributed by atoms with Gasteiger partial charge in [0, 0.05) is 35.5 Å². The summed E-state index contributed by atoms with van der Waals surface area (Å²) in [6.07, 6.45) is 0. The molecule has 0 atom stereocenters. The highest BCUT2D eigenvalue weighted by atomic mass is 16.5. The molecule has 1 fully saturated rings. The molecular formula is C22H23N3O2. The van der Waals surface area contributed by atoms with Crippen LogP contribution in [0.4, 0.5) is 11.4 Å². The van der Waals surface area contributed by atoms with Gasteiger partial charge in [-0.05, 0) is 49.7 Å². The van der Waals surface area contributed by atoms with E-state index in [1.165, 1.54) is 5.69 Å². The minimum absolute atomic E-state index is 0.112. The molecule has 1 amide bonds. The van der Waals surface area contributed by atoms with Crippen molar-refractivity contribution in [1.29, 1.82) is 0 Å². The Balaban J connectivity index is 1.60. The van der Waals surface area contributed by atoms with Gasteiger partial charge in [-0.2, -0.15) is 0 Å². The van der Waals surface area contributed by atoms with Gasteiger partial charge < -0.3 is 15.0 Å². The number of morpholine rings is 1. The molecule has 0 bridgehead atoms. The van der Waals surface area contributed by atoms with Crippen molar-refractivity contribution in [3.63, 3.8) is 0 Å². The van der Waals surface area contributed by atoms with Gasteiger partial charge in [-0.1, -0.05) is 18.2 Å². The Morgan fingerprint density at radius 2 is 1.85 bits per heavy atom. The third kappa shape index (κ3) is 3.64. The van der Waals surface area contributed by atoms with Crippen LogP contribution in [0.5, 0.6) is 0 Å². The minimum atomic E-state index is -0.112. The molecule has 5 heteroatoms. The molecule has 1 aliphatic rings. The van der Waals surface area contributed by atoms with E-state index in [1.54, 1.807) is 0 Å². The number of nitrogens with one attached hydrogen (secondary N) is 1. The van der Waals surface area contributed by atoms with E-state index < -0.39 is 0 Å². The summed E-state index contributed by atoms with van der Waals surface area (Å²) in [6, 6.07) is 15.7. The van der Waals surface area contributed by atoms with Crippen molar-refractivity contribution in [2.24, 2.45) is 0 Å². The number of amides is 1. The zero-order chi connectivity index (χ0) is 18.8. The van der Waals surface area contributed by atoms with Crippen LogP contribution in [0.2, 0.25) is 0 Å². The van der Waals surface area contributed by atoms with Crippen molar-refractivity contribution >= 4 is 28.2 Å². The lowest BCUT2D eigenvalue weighted by Crippen LogP contribution is -2.36. The zero-order valence-electron chi connectivity index (χ0n) is 15.7. The molecule has 0 aliphatic carbocycles. The summed E-state index contributed by atoms with van der Waals surface area (Å²) in [7, 11) is 0. The van der Waals surface area contributed by atoms with E-state index in [1.807, 2.05) is 50.2 Å². The SMILES string of the molecule is Cc1cc(C(=O)Nc2ccc(N3CCOCC3)cc2C)c2ccccc2n1. The summed E-state index contributed by atoms with van der Waals surface area (Å²) in [6.45, 7) is 7.24. The summed E-state index contributed by atoms with van der Waals surface area (Å²) in [5, 5.41) is 3.93. The fourth-order valence-electron chi connectivity index (χ4n) is 3.49. The Morgan fingerprint density at radius 3 is 2.63 bits per heavy atom. The fourth-order valence-corrected chi connectivity index (χ4v) is 3.49. The highest BCUT2D eigenvalue weighted by molar-refractivity contribution is 6.12. The van der Waals surface area contributed by atoms with Crippen molar-refractivity contribution in [3.8, 4) is 0 Å². The number of hydrogen-bond donors (Lipinski definition) is 1. The molecule has 138 valence electrons. The summed E-state index contributed by atoms with van der Waals surface area (Å²) in [5.74, 6) is -0.112. The first-order chi connectivity index (χ1) is 13.1. The van der Waals surface area contributed by atoms with Crippen molar-refractivity contribution in [2.75, 3.05) is 36.5 Å². The number of fused-ring (bicyclic) bond motifs is 1. The normalized spacial score (nSPS) is 14.4. The van der Waals surface area contributed by atoms with Crippen LogP contribution in [0, 0.1) is 13.8 Å². The van der Waals surface area contributed by atoms with Crippen LogP contribution in [0.15, 0.2) is 48.5 Å². The predicted molar refractivity (Wildman–Crippen MR) is 109 cm³/mol. The Kier molecular flexibility index (Phi) is 4.77. The number of aromatic nitrogens is 1. The molecular weight excluding hydrogens is 338 g/mol. The molecule has 3 aromatic rings. The van der Waals surface area contributed by atoms with Crippen LogP contribution < -0.4 is 10.2 Å². The molecule has 1 saturated heterocycles. The number of benzene rings is 2. The number of rotatable bonds is 3. The standard InChI is InChI=1S/C22H23N3O2/c1-15-13-17(25-9-11-27-12-10-25)7-8-20(15)24-22(26)19-14-16(2)23-21-6-4-3-5-18(19)21/h3-8,13-14H,9-12H2,1-2H3,(H,24,26). The largest absolute Gasteiger partial charge is 0.378 e. The van der Waals surface area contributed by atoms with E-state index in [0.717, 1.165) is 54.2 Å². The van der Waals surface area contributed by atoms with Gasteiger partial charge in [0.25, 0.3) is 5.91 Å². The second kappa shape index (κ2) is 7.37. The van der Waals surface area contributed by atoms with Gasteiger partial charge in [-0.25, -0.2) is 0 Å². The number of ether oxygens (including phenoxy) is 1. The first-order valence-electron chi connectivity index (χ1n) is 9.23. The van der Waals surface area contributed by atoms with E-state index in [9.17, 15) is 4.79 Å². The van der Waals surface area contributed by atoms with Gasteiger partial charge in [0.05, 0.1) is 24.3 Å². The molecule has 1 N–H and O–H groups in total. The third-order valence-corrected chi connectivity index (χ3v) is 4.92. The van der Waals surface area contributed by atoms with Crippen molar-refractivity contribution in [1.82, 2.24) is 4.98 Å². The maximum Gasteiger partial charge on any atom is 0.256 e. The van der Waals surface area contributed by atoms with Gasteiger partial charge in [-0.3, -0.25) is 9.78 Å². The number of aryl methyl sites for hydroxylation is 2. The summed E-state index contributed by atoms with van der Waals surface area (Å²) in [4.78, 5) is 19.8. The van der Waals surface area contributed by atoms with Crippen molar-refractivity contribution in [2.45, 2.75) is 13.8 Å². The lowest BCUT2D eigenvalue weighted by Gasteiger charge is -2.29. The second-order valence-electron chi connectivity index (χ2n) is 6.88. The zero-order valence-corrected chi connectivity index (χ0v) is 15.7. The van der Waals surface area contributed by atoms with Gasteiger partial charge in [0.1, 0.15) is 0 Å². The highest BCUT2D eigenvalue weighted by Gasteiger charge is 2.15. The lowest BCUT2D eigenvalue weighted by atomic mass is 10.1. The number of anilines is 2. The Hall–Kier alpha value is -2.92. The number of para-hydroxylation sites is 1. The Bertz CT molecular complexity index is 994. The summed E-state index contributed by atoms with van der Waals surface area (Å²) in [5.41, 5.74) is 5.35. The third-order valence-electron chi connectivity index (χ3n) is 4.92. The molecule has 0 spiro atoms. The minimum Gasteiger partial charge on any atom is -0.378 e. The molecule has 1 aliphatic heterocycles. The quantitative estimate of drug-likeness (QED) is 0.768. The van der Waals surface area contributed by atoms with Gasteiger partial charge in [0.15, 0.2) is 0 Å². The van der Waals surface area contributed by atoms with Crippen LogP contribution in [-0.2, 0) is 4.74 Å². The van der Waals surface area contributed by atoms with E-state index in [0.29, 0.717) is 5.56 Å². The Labute approximate surface area is 159 Å². The Morgan fingerprint density at radius 1 is 1.07 bits per heavy atom. The summed E-state index contributed by atoms with van der Waals surface area (Å²) >= 11 is 0. The van der Waals surface area contributed by atoms with E-state index in [2.05, 4.69) is 27.3 Å². The maximum absolute atomic E-state index is 13.0. The number of nitrogens with zero attached hydrogens (tertiary/aromatic N) is 2. The smallest absolute Gasteiger partial charge is 0.256 e. The van der Waals surface area contributed by atoms with E-state index in [4.69, 9.17) is 4.74 Å². The maximum atomic E-state index is 13.0. The second-order valence-corrected chi connectivity index (χ2v) is 6.88. The summed E-state index contributed by atoms with van der Waals surface area (Å²) < 4.78 is 5.42. The molecule has 2 aromatic carbocycles. The van der Waals surface area contributed by atoms with E-state index >= 15 is 0 Å². The number of carbonyl (C=O) groups excluding carboxylic acids is 1. The average Bonchev–Trinajstić information content (AvgIpc) is 2.69. The molecule has 4 rings (SSSR count). The number of hydrogen-bond acceptors (Lipinski definition) is 4. The van der Waals surface area contributed by atoms with Gasteiger partial charge in [0.2, 0.25) is 0 Å². The van der Waals surface area contributed by atoms with Gasteiger partial charge in [-0.15, -0.1) is 0 Å². The molecule has 5 nitrogen and oxygen atoms in total. The molecule has 27 heavy (non-hydrogen) atoms. The average molecular weight is 361 g/mol. The molecule has 0 unspecified atom stereocenters. The van der Waals surface area contributed by atoms with E-state index in [-0.39, 0.29) is 5.91 Å². The molecule has 2 heterocycles. The molecule has 0 saturated carbocycles. The van der Waals surface area contributed by atoms with Crippen LogP contribution in [0.3, 0.4) is 0 Å². The predicted octanol–water partition coefficient (Wildman–Crippen LogP) is 3.94. The van der Waals surface area contributed by atoms with Crippen LogP contribution in [0.1, 0.15) is 21.6 Å². The number of pyridine rings is 1. The van der Waals surface area contributed by atoms with Crippen LogP contribution in [-0.4, -0.2) is 37.2 Å². The fraction of sp³-hybridized carbons (Fsp3) is 0.273. The molecule has 1 aromatic heterocycles. The van der Waals surface area contributed by atoms with Gasteiger partial charge >= 0.3 is 0 Å². The monoisotopic (exact) mass is 361 g/mol. The number of carbonyl (C=O) groups is 1. The van der Waals surface area contributed by atoms with Crippen molar-refractivity contribution in [3.05, 3.63) is 65.4 Å². The first kappa shape index (κ1) is 17.5. The topological polar surface area (TPSA) is 54.5 Å². The van der Waals surface area contributed by atoms with Crippen molar-refractivity contribution < 1.29 is 9.53 Å². The highest BCUT2D eigenvalue weighted by Crippen LogP contribution is 2.25. The first-order valence-corrected chi connectivity index (χ1v) is 9.23. The van der Waals surface area contributed by atoms with Crippen LogP contribution in [0.25, 0.3) is 10.9 Å². The van der Waals surface area contributed by atoms with Crippen LogP contribution >= 0.6 is 0 Å². The lowest BCUT2D eigenvalue weighted by molar-refractivity contribution is 0.102. The molecule has 0 radical (unpaired) electrons.